The third kappa shape index (κ3) is 2.06. The molecule has 3 heteroatoms. The summed E-state index contributed by atoms with van der Waals surface area (Å²) in [6.07, 6.45) is 10.7. The largest absolute Gasteiger partial charge is 0.359 e. The third-order valence-electron chi connectivity index (χ3n) is 3.60. The molecule has 3 heterocycles. The lowest BCUT2D eigenvalue weighted by atomic mass is 10.0. The van der Waals surface area contributed by atoms with Gasteiger partial charge in [0.15, 0.2) is 0 Å². The smallest absolute Gasteiger partial charge is 0.0646 e. The first-order valence-corrected chi connectivity index (χ1v) is 6.71. The van der Waals surface area contributed by atoms with Gasteiger partial charge in [0.1, 0.15) is 0 Å². The Hall–Kier alpha value is -1.61. The lowest BCUT2D eigenvalue weighted by Crippen LogP contribution is -2.30. The van der Waals surface area contributed by atoms with Gasteiger partial charge in [0.05, 0.1) is 11.7 Å². The van der Waals surface area contributed by atoms with E-state index in [0.29, 0.717) is 0 Å². The van der Waals surface area contributed by atoms with Crippen LogP contribution in [0.5, 0.6) is 0 Å². The monoisotopic (exact) mass is 241 g/mol. The van der Waals surface area contributed by atoms with Crippen molar-refractivity contribution in [3.63, 3.8) is 0 Å². The predicted octanol–water partition coefficient (Wildman–Crippen LogP) is 3.06. The van der Waals surface area contributed by atoms with Gasteiger partial charge in [-0.25, -0.2) is 0 Å². The van der Waals surface area contributed by atoms with E-state index in [1.807, 2.05) is 12.4 Å². The number of hydrogen-bond donors (Lipinski definition) is 1. The van der Waals surface area contributed by atoms with Crippen LogP contribution in [0.25, 0.3) is 16.5 Å². The van der Waals surface area contributed by atoms with Crippen LogP contribution in [0.2, 0.25) is 0 Å². The Kier molecular flexibility index (Phi) is 3.15. The van der Waals surface area contributed by atoms with Gasteiger partial charge >= 0.3 is 0 Å². The Labute approximate surface area is 108 Å². The van der Waals surface area contributed by atoms with E-state index in [2.05, 4.69) is 40.1 Å². The first kappa shape index (κ1) is 11.5. The summed E-state index contributed by atoms with van der Waals surface area (Å²) >= 11 is 0. The molecule has 2 aromatic heterocycles. The maximum absolute atomic E-state index is 4.15. The number of hydrogen-bond acceptors (Lipinski definition) is 2. The van der Waals surface area contributed by atoms with Gasteiger partial charge in [0, 0.05) is 36.4 Å². The molecule has 3 rings (SSSR count). The molecule has 0 aliphatic carbocycles. The molecule has 2 aromatic rings. The van der Waals surface area contributed by atoms with Gasteiger partial charge in [0.25, 0.3) is 0 Å². The number of pyridine rings is 1. The summed E-state index contributed by atoms with van der Waals surface area (Å²) in [6.45, 7) is 5.71. The van der Waals surface area contributed by atoms with E-state index in [9.17, 15) is 0 Å². The van der Waals surface area contributed by atoms with Crippen molar-refractivity contribution in [1.82, 2.24) is 14.9 Å². The fraction of sp³-hybridized carbons (Fsp3) is 0.400. The summed E-state index contributed by atoms with van der Waals surface area (Å²) in [6, 6.07) is 2.10. The Bertz CT molecular complexity index is 568. The highest BCUT2D eigenvalue weighted by Gasteiger charge is 2.15. The molecule has 0 atom stereocenters. The topological polar surface area (TPSA) is 31.9 Å². The molecule has 0 spiro atoms. The highest BCUT2D eigenvalue weighted by molar-refractivity contribution is 5.92. The Morgan fingerprint density at radius 1 is 1.44 bits per heavy atom. The van der Waals surface area contributed by atoms with Gasteiger partial charge in [-0.3, -0.25) is 9.88 Å². The molecule has 0 aromatic carbocycles. The van der Waals surface area contributed by atoms with Crippen molar-refractivity contribution in [3.8, 4) is 0 Å². The molecule has 0 unspecified atom stereocenters. The van der Waals surface area contributed by atoms with E-state index >= 15 is 0 Å². The molecule has 0 saturated heterocycles. The average molecular weight is 241 g/mol. The summed E-state index contributed by atoms with van der Waals surface area (Å²) < 4.78 is 0. The van der Waals surface area contributed by atoms with E-state index in [-0.39, 0.29) is 0 Å². The summed E-state index contributed by atoms with van der Waals surface area (Å²) in [5.74, 6) is 0. The summed E-state index contributed by atoms with van der Waals surface area (Å²) in [4.78, 5) is 10.0. The molecule has 1 aliphatic rings. The number of aromatic amines is 1. The fourth-order valence-corrected chi connectivity index (χ4v) is 2.75. The quantitative estimate of drug-likeness (QED) is 0.895. The van der Waals surface area contributed by atoms with Crippen molar-refractivity contribution < 1.29 is 0 Å². The van der Waals surface area contributed by atoms with Crippen LogP contribution >= 0.6 is 0 Å². The standard InChI is InChI=1S/C15H19N3/c1-2-7-18-8-3-4-12(11-18)14-9-17-15-10-16-6-5-13(14)15/h4-6,9-10,17H,2-3,7-8,11H2,1H3. The molecule has 94 valence electrons. The lowest BCUT2D eigenvalue weighted by Gasteiger charge is -2.26. The molecular formula is C15H19N3. The number of nitrogens with zero attached hydrogens (tertiary/aromatic N) is 2. The molecule has 3 nitrogen and oxygen atoms in total. The average Bonchev–Trinajstić information content (AvgIpc) is 2.83. The summed E-state index contributed by atoms with van der Waals surface area (Å²) in [5.41, 5.74) is 3.92. The molecule has 0 fully saturated rings. The number of fused-ring (bicyclic) bond motifs is 1. The first-order valence-electron chi connectivity index (χ1n) is 6.71. The van der Waals surface area contributed by atoms with E-state index in [1.165, 1.54) is 36.0 Å². The zero-order valence-corrected chi connectivity index (χ0v) is 10.8. The molecule has 1 aliphatic heterocycles. The third-order valence-corrected chi connectivity index (χ3v) is 3.60. The van der Waals surface area contributed by atoms with Crippen LogP contribution in [0.1, 0.15) is 25.3 Å². The van der Waals surface area contributed by atoms with Crippen molar-refractivity contribution in [3.05, 3.63) is 36.3 Å². The zero-order valence-electron chi connectivity index (χ0n) is 10.8. The Morgan fingerprint density at radius 3 is 3.28 bits per heavy atom. The maximum Gasteiger partial charge on any atom is 0.0646 e. The van der Waals surface area contributed by atoms with Crippen LogP contribution in [-0.4, -0.2) is 34.5 Å². The normalized spacial score (nSPS) is 17.1. The number of aromatic nitrogens is 2. The van der Waals surface area contributed by atoms with Crippen molar-refractivity contribution in [2.24, 2.45) is 0 Å². The SMILES string of the molecule is CCCN1CCC=C(c2c[nH]c3cnccc23)C1. The molecule has 0 bridgehead atoms. The molecule has 0 radical (unpaired) electrons. The van der Waals surface area contributed by atoms with E-state index in [4.69, 9.17) is 0 Å². The van der Waals surface area contributed by atoms with Crippen molar-refractivity contribution in [2.75, 3.05) is 19.6 Å². The highest BCUT2D eigenvalue weighted by atomic mass is 15.1. The summed E-state index contributed by atoms with van der Waals surface area (Å²) in [7, 11) is 0. The van der Waals surface area contributed by atoms with E-state index < -0.39 is 0 Å². The van der Waals surface area contributed by atoms with Crippen LogP contribution in [0, 0.1) is 0 Å². The molecule has 0 saturated carbocycles. The van der Waals surface area contributed by atoms with E-state index in [1.54, 1.807) is 0 Å². The van der Waals surface area contributed by atoms with Crippen LogP contribution in [0.4, 0.5) is 0 Å². The second-order valence-corrected chi connectivity index (χ2v) is 4.92. The minimum Gasteiger partial charge on any atom is -0.359 e. The number of H-pyrrole nitrogens is 1. The number of nitrogens with one attached hydrogen (secondary N) is 1. The highest BCUT2D eigenvalue weighted by Crippen LogP contribution is 2.27. The van der Waals surface area contributed by atoms with Crippen LogP contribution < -0.4 is 0 Å². The van der Waals surface area contributed by atoms with Crippen LogP contribution in [0.15, 0.2) is 30.7 Å². The second kappa shape index (κ2) is 4.94. The van der Waals surface area contributed by atoms with Gasteiger partial charge in [-0.05, 0) is 31.0 Å². The van der Waals surface area contributed by atoms with Crippen molar-refractivity contribution in [1.29, 1.82) is 0 Å². The zero-order chi connectivity index (χ0) is 12.4. The first-order chi connectivity index (χ1) is 8.88. The molecular weight excluding hydrogens is 222 g/mol. The van der Waals surface area contributed by atoms with Gasteiger partial charge in [-0.15, -0.1) is 0 Å². The fourth-order valence-electron chi connectivity index (χ4n) is 2.75. The maximum atomic E-state index is 4.15. The summed E-state index contributed by atoms with van der Waals surface area (Å²) in [5, 5.41) is 1.29. The second-order valence-electron chi connectivity index (χ2n) is 4.92. The van der Waals surface area contributed by atoms with Crippen LogP contribution in [0.3, 0.4) is 0 Å². The Balaban J connectivity index is 1.92. The minimum atomic E-state index is 1.07. The van der Waals surface area contributed by atoms with Crippen molar-refractivity contribution >= 4 is 16.5 Å². The van der Waals surface area contributed by atoms with Crippen molar-refractivity contribution in [2.45, 2.75) is 19.8 Å². The van der Waals surface area contributed by atoms with Gasteiger partial charge in [0.2, 0.25) is 0 Å². The lowest BCUT2D eigenvalue weighted by molar-refractivity contribution is 0.305. The predicted molar refractivity (Wildman–Crippen MR) is 75.4 cm³/mol. The molecule has 1 N–H and O–H groups in total. The molecule has 18 heavy (non-hydrogen) atoms. The van der Waals surface area contributed by atoms with Gasteiger partial charge < -0.3 is 4.98 Å². The molecule has 0 amide bonds. The van der Waals surface area contributed by atoms with Crippen LogP contribution in [-0.2, 0) is 0 Å². The van der Waals surface area contributed by atoms with Gasteiger partial charge in [-0.1, -0.05) is 13.0 Å². The van der Waals surface area contributed by atoms with E-state index in [0.717, 1.165) is 18.5 Å². The Morgan fingerprint density at radius 2 is 2.39 bits per heavy atom. The minimum absolute atomic E-state index is 1.07. The number of rotatable bonds is 3. The van der Waals surface area contributed by atoms with Gasteiger partial charge in [-0.2, -0.15) is 0 Å².